The predicted molar refractivity (Wildman–Crippen MR) is 91.5 cm³/mol. The number of nitrogens with two attached hydrogens (primary N) is 1. The molecule has 0 amide bonds. The fourth-order valence-electron chi connectivity index (χ4n) is 3.79. The Morgan fingerprint density at radius 1 is 1.14 bits per heavy atom. The number of hydrogen-bond donors (Lipinski definition) is 1. The second-order valence-corrected chi connectivity index (χ2v) is 6.84. The maximum Gasteiger partial charge on any atom is 0.0335 e. The van der Waals surface area contributed by atoms with E-state index in [2.05, 4.69) is 43.9 Å². The van der Waals surface area contributed by atoms with E-state index in [1.54, 1.807) is 0 Å². The molecule has 1 aliphatic carbocycles. The Morgan fingerprint density at radius 3 is 2.48 bits per heavy atom. The second kappa shape index (κ2) is 7.42. The van der Waals surface area contributed by atoms with Gasteiger partial charge in [-0.1, -0.05) is 49.9 Å². The standard InChI is InChI=1S/C19H32N2/c1-4-12-21(19(15-20)10-6-5-7-11-19)14-18-13-16(2)8-9-17(18)3/h8-9,13H,4-7,10-12,14-15,20H2,1-3H3. The van der Waals surface area contributed by atoms with Crippen molar-refractivity contribution in [3.8, 4) is 0 Å². The lowest BCUT2D eigenvalue weighted by Crippen LogP contribution is -2.54. The van der Waals surface area contributed by atoms with Crippen molar-refractivity contribution in [2.45, 2.75) is 71.4 Å². The van der Waals surface area contributed by atoms with Gasteiger partial charge in [0, 0.05) is 18.6 Å². The van der Waals surface area contributed by atoms with E-state index in [0.717, 1.165) is 19.6 Å². The molecule has 0 aliphatic heterocycles. The Bertz CT molecular complexity index is 447. The average molecular weight is 288 g/mol. The highest BCUT2D eigenvalue weighted by Crippen LogP contribution is 2.34. The Labute approximate surface area is 130 Å². The fourth-order valence-corrected chi connectivity index (χ4v) is 3.79. The zero-order chi connectivity index (χ0) is 15.3. The molecular weight excluding hydrogens is 256 g/mol. The van der Waals surface area contributed by atoms with Gasteiger partial charge < -0.3 is 5.73 Å². The topological polar surface area (TPSA) is 29.3 Å². The monoisotopic (exact) mass is 288 g/mol. The van der Waals surface area contributed by atoms with Crippen LogP contribution in [0.15, 0.2) is 18.2 Å². The third-order valence-corrected chi connectivity index (χ3v) is 5.19. The van der Waals surface area contributed by atoms with Crippen LogP contribution in [0.3, 0.4) is 0 Å². The van der Waals surface area contributed by atoms with Gasteiger partial charge in [0.1, 0.15) is 0 Å². The van der Waals surface area contributed by atoms with E-state index in [4.69, 9.17) is 5.73 Å². The van der Waals surface area contributed by atoms with Crippen LogP contribution >= 0.6 is 0 Å². The lowest BCUT2D eigenvalue weighted by Gasteiger charge is -2.46. The maximum atomic E-state index is 6.25. The van der Waals surface area contributed by atoms with Crippen molar-refractivity contribution in [1.82, 2.24) is 4.90 Å². The molecule has 0 aromatic heterocycles. The normalized spacial score (nSPS) is 18.1. The third-order valence-electron chi connectivity index (χ3n) is 5.19. The molecule has 1 aliphatic rings. The molecule has 2 heteroatoms. The molecule has 0 unspecified atom stereocenters. The molecule has 0 heterocycles. The Kier molecular flexibility index (Phi) is 5.83. The van der Waals surface area contributed by atoms with Gasteiger partial charge in [0.25, 0.3) is 0 Å². The highest BCUT2D eigenvalue weighted by Gasteiger charge is 2.36. The van der Waals surface area contributed by atoms with E-state index >= 15 is 0 Å². The second-order valence-electron chi connectivity index (χ2n) is 6.84. The molecule has 2 N–H and O–H groups in total. The van der Waals surface area contributed by atoms with Gasteiger partial charge in [-0.2, -0.15) is 0 Å². The number of aryl methyl sites for hydroxylation is 2. The molecule has 0 saturated heterocycles. The SMILES string of the molecule is CCCN(Cc1cc(C)ccc1C)C1(CN)CCCCC1. The summed E-state index contributed by atoms with van der Waals surface area (Å²) < 4.78 is 0. The minimum absolute atomic E-state index is 0.241. The van der Waals surface area contributed by atoms with Crippen LogP contribution in [0.4, 0.5) is 0 Å². The van der Waals surface area contributed by atoms with Gasteiger partial charge >= 0.3 is 0 Å². The number of nitrogens with zero attached hydrogens (tertiary/aromatic N) is 1. The minimum atomic E-state index is 0.241. The first-order valence-corrected chi connectivity index (χ1v) is 8.62. The fraction of sp³-hybridized carbons (Fsp3) is 0.684. The molecule has 118 valence electrons. The summed E-state index contributed by atoms with van der Waals surface area (Å²) in [4.78, 5) is 2.69. The molecule has 2 rings (SSSR count). The van der Waals surface area contributed by atoms with E-state index in [1.807, 2.05) is 0 Å². The van der Waals surface area contributed by atoms with Crippen molar-refractivity contribution >= 4 is 0 Å². The molecule has 1 aromatic rings. The molecular formula is C19H32N2. The van der Waals surface area contributed by atoms with E-state index in [0.29, 0.717) is 0 Å². The van der Waals surface area contributed by atoms with Gasteiger partial charge in [0.15, 0.2) is 0 Å². The van der Waals surface area contributed by atoms with E-state index < -0.39 is 0 Å². The first kappa shape index (κ1) is 16.5. The van der Waals surface area contributed by atoms with Crippen molar-refractivity contribution in [2.24, 2.45) is 5.73 Å². The summed E-state index contributed by atoms with van der Waals surface area (Å²) in [5, 5.41) is 0. The quantitative estimate of drug-likeness (QED) is 0.851. The van der Waals surface area contributed by atoms with Crippen molar-refractivity contribution in [2.75, 3.05) is 13.1 Å². The first-order valence-electron chi connectivity index (χ1n) is 8.62. The van der Waals surface area contributed by atoms with Crippen LogP contribution < -0.4 is 5.73 Å². The van der Waals surface area contributed by atoms with Crippen molar-refractivity contribution in [1.29, 1.82) is 0 Å². The molecule has 2 nitrogen and oxygen atoms in total. The average Bonchev–Trinajstić information content (AvgIpc) is 2.51. The molecule has 0 radical (unpaired) electrons. The summed E-state index contributed by atoms with van der Waals surface area (Å²) in [6, 6.07) is 6.82. The predicted octanol–water partition coefficient (Wildman–Crippen LogP) is 4.18. The maximum absolute atomic E-state index is 6.25. The number of benzene rings is 1. The molecule has 1 saturated carbocycles. The summed E-state index contributed by atoms with van der Waals surface area (Å²) >= 11 is 0. The van der Waals surface area contributed by atoms with Crippen molar-refractivity contribution in [3.63, 3.8) is 0 Å². The summed E-state index contributed by atoms with van der Waals surface area (Å²) in [5.41, 5.74) is 10.7. The molecule has 0 spiro atoms. The largest absolute Gasteiger partial charge is 0.329 e. The summed E-state index contributed by atoms with van der Waals surface area (Å²) in [5.74, 6) is 0. The zero-order valence-corrected chi connectivity index (χ0v) is 14.1. The summed E-state index contributed by atoms with van der Waals surface area (Å²) in [7, 11) is 0. The number of rotatable bonds is 6. The van der Waals surface area contributed by atoms with Crippen LogP contribution in [0, 0.1) is 13.8 Å². The van der Waals surface area contributed by atoms with E-state index in [-0.39, 0.29) is 5.54 Å². The molecule has 1 fully saturated rings. The van der Waals surface area contributed by atoms with E-state index in [1.165, 1.54) is 55.2 Å². The van der Waals surface area contributed by atoms with Crippen molar-refractivity contribution < 1.29 is 0 Å². The van der Waals surface area contributed by atoms with Crippen LogP contribution in [0.2, 0.25) is 0 Å². The van der Waals surface area contributed by atoms with Crippen LogP contribution in [-0.4, -0.2) is 23.5 Å². The molecule has 0 atom stereocenters. The van der Waals surface area contributed by atoms with Crippen LogP contribution in [0.5, 0.6) is 0 Å². The van der Waals surface area contributed by atoms with Crippen LogP contribution in [-0.2, 0) is 6.54 Å². The molecule has 21 heavy (non-hydrogen) atoms. The first-order chi connectivity index (χ1) is 10.1. The lowest BCUT2D eigenvalue weighted by molar-refractivity contribution is 0.0493. The highest BCUT2D eigenvalue weighted by atomic mass is 15.2. The van der Waals surface area contributed by atoms with Gasteiger partial charge in [0.2, 0.25) is 0 Å². The summed E-state index contributed by atoms with van der Waals surface area (Å²) in [6.07, 6.45) is 7.80. The van der Waals surface area contributed by atoms with Crippen molar-refractivity contribution in [3.05, 3.63) is 34.9 Å². The summed E-state index contributed by atoms with van der Waals surface area (Å²) in [6.45, 7) is 9.71. The zero-order valence-electron chi connectivity index (χ0n) is 14.1. The van der Waals surface area contributed by atoms with Gasteiger partial charge in [0.05, 0.1) is 0 Å². The van der Waals surface area contributed by atoms with Crippen LogP contribution in [0.1, 0.15) is 62.1 Å². The third kappa shape index (κ3) is 3.87. The van der Waals surface area contributed by atoms with Gasteiger partial charge in [-0.05, 0) is 50.8 Å². The Balaban J connectivity index is 2.23. The smallest absolute Gasteiger partial charge is 0.0335 e. The van der Waals surface area contributed by atoms with Crippen LogP contribution in [0.25, 0.3) is 0 Å². The highest BCUT2D eigenvalue weighted by molar-refractivity contribution is 5.30. The van der Waals surface area contributed by atoms with E-state index in [9.17, 15) is 0 Å². The van der Waals surface area contributed by atoms with Gasteiger partial charge in [-0.3, -0.25) is 4.90 Å². The minimum Gasteiger partial charge on any atom is -0.329 e. The Hall–Kier alpha value is -0.860. The number of hydrogen-bond acceptors (Lipinski definition) is 2. The van der Waals surface area contributed by atoms with Gasteiger partial charge in [-0.25, -0.2) is 0 Å². The Morgan fingerprint density at radius 2 is 1.86 bits per heavy atom. The van der Waals surface area contributed by atoms with Gasteiger partial charge in [-0.15, -0.1) is 0 Å². The lowest BCUT2D eigenvalue weighted by atomic mass is 9.79. The molecule has 1 aromatic carbocycles. The molecule has 0 bridgehead atoms.